The van der Waals surface area contributed by atoms with Crippen molar-refractivity contribution in [2.75, 3.05) is 33.9 Å². The number of carbonyl (C=O) groups excluding carboxylic acids is 2. The average Bonchev–Trinajstić information content (AvgIpc) is 3.08. The SMILES string of the molecule is COc1cc2cc(C(=O)N3C[C@H]4C[C@@H](C3)[C@@H]3CCCC(=O)N3C4)n(C)c2cc1OC. The van der Waals surface area contributed by atoms with Gasteiger partial charge in [0.05, 0.1) is 19.7 Å². The number of aromatic nitrogens is 1. The van der Waals surface area contributed by atoms with Gasteiger partial charge in [0.2, 0.25) is 5.91 Å². The van der Waals surface area contributed by atoms with Crippen LogP contribution in [0.15, 0.2) is 18.2 Å². The molecule has 1 aromatic heterocycles. The lowest BCUT2D eigenvalue weighted by Crippen LogP contribution is -2.61. The maximum absolute atomic E-state index is 13.5. The first kappa shape index (κ1) is 19.3. The zero-order chi connectivity index (χ0) is 21.0. The third-order valence-corrected chi connectivity index (χ3v) is 7.23. The average molecular weight is 412 g/mol. The van der Waals surface area contributed by atoms with Crippen LogP contribution >= 0.6 is 0 Å². The van der Waals surface area contributed by atoms with Crippen molar-refractivity contribution >= 4 is 22.7 Å². The topological polar surface area (TPSA) is 64.0 Å². The lowest BCUT2D eigenvalue weighted by atomic mass is 9.76. The van der Waals surface area contributed by atoms with Gasteiger partial charge in [-0.05, 0) is 43.2 Å². The zero-order valence-electron chi connectivity index (χ0n) is 17.9. The zero-order valence-corrected chi connectivity index (χ0v) is 17.9. The number of piperidine rings is 3. The Morgan fingerprint density at radius 1 is 1.07 bits per heavy atom. The van der Waals surface area contributed by atoms with Crippen molar-refractivity contribution in [3.05, 3.63) is 23.9 Å². The van der Waals surface area contributed by atoms with Crippen molar-refractivity contribution in [2.24, 2.45) is 18.9 Å². The number of rotatable bonds is 3. The van der Waals surface area contributed by atoms with Crippen molar-refractivity contribution in [3.8, 4) is 11.5 Å². The Morgan fingerprint density at radius 3 is 2.60 bits per heavy atom. The Balaban J connectivity index is 1.43. The van der Waals surface area contributed by atoms with Gasteiger partial charge in [-0.3, -0.25) is 9.59 Å². The number of carbonyl (C=O) groups is 2. The summed E-state index contributed by atoms with van der Waals surface area (Å²) in [5.41, 5.74) is 1.62. The first-order valence-corrected chi connectivity index (χ1v) is 10.8. The molecule has 0 spiro atoms. The lowest BCUT2D eigenvalue weighted by molar-refractivity contribution is -0.144. The molecular formula is C23H29N3O4. The van der Waals surface area contributed by atoms with Crippen molar-refractivity contribution < 1.29 is 19.1 Å². The monoisotopic (exact) mass is 411 g/mol. The van der Waals surface area contributed by atoms with E-state index in [4.69, 9.17) is 9.47 Å². The highest BCUT2D eigenvalue weighted by Gasteiger charge is 2.45. The number of fused-ring (bicyclic) bond motifs is 5. The molecule has 3 fully saturated rings. The Bertz CT molecular complexity index is 1010. The second kappa shape index (κ2) is 7.22. The van der Waals surface area contributed by atoms with Gasteiger partial charge < -0.3 is 23.8 Å². The third-order valence-electron chi connectivity index (χ3n) is 7.23. The van der Waals surface area contributed by atoms with Crippen molar-refractivity contribution in [1.82, 2.24) is 14.4 Å². The van der Waals surface area contributed by atoms with E-state index < -0.39 is 0 Å². The number of methoxy groups -OCH3 is 2. The quantitative estimate of drug-likeness (QED) is 0.779. The first-order valence-electron chi connectivity index (χ1n) is 10.8. The highest BCUT2D eigenvalue weighted by molar-refractivity contribution is 5.99. The maximum Gasteiger partial charge on any atom is 0.270 e. The van der Waals surface area contributed by atoms with Gasteiger partial charge in [-0.15, -0.1) is 0 Å². The van der Waals surface area contributed by atoms with Gasteiger partial charge in [0.15, 0.2) is 11.5 Å². The second-order valence-electron chi connectivity index (χ2n) is 8.93. The molecule has 7 nitrogen and oxygen atoms in total. The highest BCUT2D eigenvalue weighted by Crippen LogP contribution is 2.39. The van der Waals surface area contributed by atoms with E-state index in [1.54, 1.807) is 14.2 Å². The molecule has 5 rings (SSSR count). The minimum atomic E-state index is 0.0666. The molecule has 0 aliphatic carbocycles. The molecule has 0 saturated carbocycles. The van der Waals surface area contributed by atoms with Crippen LogP contribution in [0.1, 0.15) is 36.2 Å². The van der Waals surface area contributed by atoms with Crippen LogP contribution in [-0.2, 0) is 11.8 Å². The van der Waals surface area contributed by atoms with Crippen LogP contribution in [0, 0.1) is 11.8 Å². The minimum absolute atomic E-state index is 0.0666. The van der Waals surface area contributed by atoms with Crippen LogP contribution < -0.4 is 9.47 Å². The van der Waals surface area contributed by atoms with Gasteiger partial charge >= 0.3 is 0 Å². The number of likely N-dealkylation sites (tertiary alicyclic amines) is 1. The molecule has 2 amide bonds. The molecule has 0 N–H and O–H groups in total. The fourth-order valence-corrected chi connectivity index (χ4v) is 5.81. The number of benzene rings is 1. The largest absolute Gasteiger partial charge is 0.493 e. The molecule has 4 heterocycles. The number of hydrogen-bond acceptors (Lipinski definition) is 4. The standard InChI is InChI=1S/C23H29N3O4/c1-24-18-10-21(30-3)20(29-2)9-15(18)8-19(24)23(28)25-11-14-7-16(13-25)17-5-4-6-22(27)26(17)12-14/h8-10,14,16-17H,4-7,11-13H2,1-3H3/t14-,16+,17+/m1/s1. The van der Waals surface area contributed by atoms with E-state index in [0.29, 0.717) is 47.4 Å². The summed E-state index contributed by atoms with van der Waals surface area (Å²) in [4.78, 5) is 30.0. The number of ether oxygens (including phenoxy) is 2. The molecule has 3 aliphatic rings. The molecule has 2 bridgehead atoms. The Labute approximate surface area is 176 Å². The molecule has 7 heteroatoms. The van der Waals surface area contributed by atoms with Gasteiger partial charge in [-0.2, -0.15) is 0 Å². The number of aryl methyl sites for hydroxylation is 1. The molecule has 0 radical (unpaired) electrons. The van der Waals surface area contributed by atoms with Crippen LogP contribution in [-0.4, -0.2) is 66.1 Å². The Morgan fingerprint density at radius 2 is 1.83 bits per heavy atom. The van der Waals surface area contributed by atoms with Gasteiger partial charge in [0.1, 0.15) is 5.69 Å². The predicted octanol–water partition coefficient (Wildman–Crippen LogP) is 2.67. The fourth-order valence-electron chi connectivity index (χ4n) is 5.81. The van der Waals surface area contributed by atoms with Gasteiger partial charge in [0.25, 0.3) is 5.91 Å². The van der Waals surface area contributed by atoms with Gasteiger partial charge in [-0.1, -0.05) is 0 Å². The number of amides is 2. The molecule has 160 valence electrons. The van der Waals surface area contributed by atoms with Crippen LogP contribution in [0.3, 0.4) is 0 Å². The van der Waals surface area contributed by atoms with E-state index in [2.05, 4.69) is 4.90 Å². The lowest BCUT2D eigenvalue weighted by Gasteiger charge is -2.52. The smallest absolute Gasteiger partial charge is 0.270 e. The maximum atomic E-state index is 13.5. The summed E-state index contributed by atoms with van der Waals surface area (Å²) in [5.74, 6) is 2.44. The highest BCUT2D eigenvalue weighted by atomic mass is 16.5. The second-order valence-corrected chi connectivity index (χ2v) is 8.93. The van der Waals surface area contributed by atoms with Crippen LogP contribution in [0.5, 0.6) is 11.5 Å². The van der Waals surface area contributed by atoms with Crippen molar-refractivity contribution in [3.63, 3.8) is 0 Å². The molecule has 1 aromatic carbocycles. The molecule has 30 heavy (non-hydrogen) atoms. The molecule has 3 saturated heterocycles. The van der Waals surface area contributed by atoms with Crippen molar-refractivity contribution in [1.29, 1.82) is 0 Å². The summed E-state index contributed by atoms with van der Waals surface area (Å²) >= 11 is 0. The van der Waals surface area contributed by atoms with Gasteiger partial charge in [-0.25, -0.2) is 0 Å². The fraction of sp³-hybridized carbons (Fsp3) is 0.565. The van der Waals surface area contributed by atoms with E-state index >= 15 is 0 Å². The number of hydrogen-bond donors (Lipinski definition) is 0. The first-order chi connectivity index (χ1) is 14.5. The summed E-state index contributed by atoms with van der Waals surface area (Å²) in [6.45, 7) is 2.26. The Hall–Kier alpha value is -2.70. The van der Waals surface area contributed by atoms with Crippen LogP contribution in [0.2, 0.25) is 0 Å². The summed E-state index contributed by atoms with van der Waals surface area (Å²) in [6, 6.07) is 6.09. The van der Waals surface area contributed by atoms with E-state index in [1.807, 2.05) is 34.7 Å². The van der Waals surface area contributed by atoms with Crippen LogP contribution in [0.25, 0.3) is 10.9 Å². The Kier molecular flexibility index (Phi) is 4.64. The van der Waals surface area contributed by atoms with E-state index in [1.165, 1.54) is 0 Å². The van der Waals surface area contributed by atoms with E-state index in [-0.39, 0.29) is 5.91 Å². The minimum Gasteiger partial charge on any atom is -0.493 e. The van der Waals surface area contributed by atoms with Gasteiger partial charge in [0, 0.05) is 50.6 Å². The molecule has 2 aromatic rings. The molecule has 0 unspecified atom stereocenters. The predicted molar refractivity (Wildman–Crippen MR) is 113 cm³/mol. The third kappa shape index (κ3) is 2.94. The summed E-state index contributed by atoms with van der Waals surface area (Å²) in [7, 11) is 5.16. The summed E-state index contributed by atoms with van der Waals surface area (Å²) < 4.78 is 12.8. The normalized spacial score (nSPS) is 26.0. The number of nitrogens with zero attached hydrogens (tertiary/aromatic N) is 3. The summed E-state index contributed by atoms with van der Waals surface area (Å²) in [5, 5.41) is 0.958. The summed E-state index contributed by atoms with van der Waals surface area (Å²) in [6.07, 6.45) is 3.85. The molecule has 3 aliphatic heterocycles. The van der Waals surface area contributed by atoms with E-state index in [9.17, 15) is 9.59 Å². The van der Waals surface area contributed by atoms with E-state index in [0.717, 1.165) is 49.8 Å². The van der Waals surface area contributed by atoms with Crippen LogP contribution in [0.4, 0.5) is 0 Å². The molecule has 3 atom stereocenters. The molecular weight excluding hydrogens is 382 g/mol. The van der Waals surface area contributed by atoms with Crippen molar-refractivity contribution in [2.45, 2.75) is 31.7 Å².